The largest absolute Gasteiger partial charge is 0.478 e. The highest BCUT2D eigenvalue weighted by atomic mass is 35.5. The Hall–Kier alpha value is -2.17. The lowest BCUT2D eigenvalue weighted by Gasteiger charge is -2.38. The fraction of sp³-hybridized carbons (Fsp3) is 0.318. The van der Waals surface area contributed by atoms with Gasteiger partial charge < -0.3 is 15.2 Å². The van der Waals surface area contributed by atoms with Gasteiger partial charge in [-0.1, -0.05) is 41.4 Å². The molecule has 1 heterocycles. The third-order valence-corrected chi connectivity index (χ3v) is 6.08. The molecule has 3 atom stereocenters. The molecule has 1 aliphatic carbocycles. The lowest BCUT2D eigenvalue weighted by Crippen LogP contribution is -2.38. The molecule has 0 fully saturated rings. The topological polar surface area (TPSA) is 58.6 Å². The van der Waals surface area contributed by atoms with Crippen molar-refractivity contribution in [1.82, 2.24) is 0 Å². The van der Waals surface area contributed by atoms with E-state index in [1.807, 2.05) is 24.3 Å². The van der Waals surface area contributed by atoms with Crippen LogP contribution in [0.4, 0.5) is 5.69 Å². The molecule has 6 heteroatoms. The molecule has 0 radical (unpaired) electrons. The third-order valence-electron chi connectivity index (χ3n) is 5.52. The zero-order chi connectivity index (χ0) is 20.1. The molecular weight excluding hydrogens is 397 g/mol. The van der Waals surface area contributed by atoms with Crippen molar-refractivity contribution in [3.63, 3.8) is 0 Å². The first-order valence-corrected chi connectivity index (χ1v) is 9.96. The van der Waals surface area contributed by atoms with Crippen molar-refractivity contribution in [3.05, 3.63) is 69.7 Å². The quantitative estimate of drug-likeness (QED) is 0.593. The molecular formula is C22H21Cl2NO3. The lowest BCUT2D eigenvalue weighted by atomic mass is 9.77. The maximum absolute atomic E-state index is 11.4. The van der Waals surface area contributed by atoms with Gasteiger partial charge in [-0.2, -0.15) is 0 Å². The summed E-state index contributed by atoms with van der Waals surface area (Å²) in [5.74, 6) is 0.0767. The number of hydrogen-bond donors (Lipinski definition) is 2. The molecule has 0 saturated heterocycles. The van der Waals surface area contributed by atoms with Crippen LogP contribution >= 0.6 is 23.2 Å². The number of rotatable bonds is 4. The van der Waals surface area contributed by atoms with E-state index in [4.69, 9.17) is 27.9 Å². The summed E-state index contributed by atoms with van der Waals surface area (Å²) in [6.45, 7) is 3.09. The number of anilines is 1. The first-order chi connectivity index (χ1) is 13.3. The Kier molecular flexibility index (Phi) is 4.80. The number of aliphatic carboxylic acids is 1. The average Bonchev–Trinajstić information content (AvgIpc) is 3.11. The number of carboxylic acid groups (broad SMARTS) is 1. The molecule has 0 bridgehead atoms. The number of carboxylic acids is 1. The van der Waals surface area contributed by atoms with E-state index in [1.54, 1.807) is 26.0 Å². The van der Waals surface area contributed by atoms with E-state index in [0.29, 0.717) is 21.7 Å². The van der Waals surface area contributed by atoms with E-state index in [-0.39, 0.29) is 12.0 Å². The van der Waals surface area contributed by atoms with Gasteiger partial charge in [-0.15, -0.1) is 0 Å². The molecule has 4 rings (SSSR count). The molecule has 28 heavy (non-hydrogen) atoms. The second kappa shape index (κ2) is 7.02. The van der Waals surface area contributed by atoms with Gasteiger partial charge in [0.15, 0.2) is 5.60 Å². The summed E-state index contributed by atoms with van der Waals surface area (Å²) in [7, 11) is 0. The standard InChI is InChI=1S/C22H21Cl2NO3/c1-22(2,21(26)27)28-13-7-9-19-17(11-13)14-4-3-5-15(14)20(25-19)16-8-6-12(23)10-18(16)24/h3-4,6-11,14-15,20,25H,5H2,1-2H3,(H,26,27). The van der Waals surface area contributed by atoms with E-state index in [2.05, 4.69) is 17.5 Å². The Morgan fingerprint density at radius 2 is 1.96 bits per heavy atom. The molecule has 0 amide bonds. The van der Waals surface area contributed by atoms with Crippen molar-refractivity contribution >= 4 is 34.9 Å². The Morgan fingerprint density at radius 3 is 2.68 bits per heavy atom. The van der Waals surface area contributed by atoms with Crippen LogP contribution in [0.3, 0.4) is 0 Å². The van der Waals surface area contributed by atoms with Crippen molar-refractivity contribution in [2.75, 3.05) is 5.32 Å². The smallest absolute Gasteiger partial charge is 0.347 e. The molecule has 1 aliphatic heterocycles. The van der Waals surface area contributed by atoms with Crippen LogP contribution in [0.1, 0.15) is 43.4 Å². The molecule has 0 spiro atoms. The fourth-order valence-electron chi connectivity index (χ4n) is 4.04. The number of carbonyl (C=O) groups is 1. The number of nitrogens with one attached hydrogen (secondary N) is 1. The van der Waals surface area contributed by atoms with Gasteiger partial charge in [-0.25, -0.2) is 4.79 Å². The van der Waals surface area contributed by atoms with E-state index >= 15 is 0 Å². The third kappa shape index (κ3) is 3.36. The lowest BCUT2D eigenvalue weighted by molar-refractivity contribution is -0.152. The Balaban J connectivity index is 1.70. The molecule has 2 aliphatic rings. The van der Waals surface area contributed by atoms with Gasteiger partial charge in [0, 0.05) is 21.7 Å². The summed E-state index contributed by atoms with van der Waals surface area (Å²) in [6.07, 6.45) is 5.34. The van der Waals surface area contributed by atoms with Gasteiger partial charge in [-0.3, -0.25) is 0 Å². The monoisotopic (exact) mass is 417 g/mol. The van der Waals surface area contributed by atoms with Crippen LogP contribution in [0.25, 0.3) is 0 Å². The van der Waals surface area contributed by atoms with Crippen molar-refractivity contribution in [3.8, 4) is 5.75 Å². The van der Waals surface area contributed by atoms with Crippen LogP contribution in [0.2, 0.25) is 10.0 Å². The predicted molar refractivity (Wildman–Crippen MR) is 112 cm³/mol. The van der Waals surface area contributed by atoms with E-state index in [1.165, 1.54) is 0 Å². The summed E-state index contributed by atoms with van der Waals surface area (Å²) in [5, 5.41) is 14.2. The molecule has 0 aromatic heterocycles. The van der Waals surface area contributed by atoms with Gasteiger partial charge in [0.1, 0.15) is 5.75 Å². The number of ether oxygens (including phenoxy) is 1. The molecule has 4 nitrogen and oxygen atoms in total. The number of fused-ring (bicyclic) bond motifs is 3. The highest BCUT2D eigenvalue weighted by molar-refractivity contribution is 6.35. The summed E-state index contributed by atoms with van der Waals surface area (Å²) >= 11 is 12.6. The number of allylic oxidation sites excluding steroid dienone is 2. The Labute approximate surface area is 174 Å². The molecule has 3 unspecified atom stereocenters. The second-order valence-corrected chi connectivity index (χ2v) is 8.65. The summed E-state index contributed by atoms with van der Waals surface area (Å²) < 4.78 is 5.73. The minimum Gasteiger partial charge on any atom is -0.478 e. The Morgan fingerprint density at radius 1 is 1.18 bits per heavy atom. The van der Waals surface area contributed by atoms with Gasteiger partial charge in [0.2, 0.25) is 0 Å². The minimum absolute atomic E-state index is 0.0690. The van der Waals surface area contributed by atoms with Crippen LogP contribution in [-0.2, 0) is 4.79 Å². The summed E-state index contributed by atoms with van der Waals surface area (Å²) in [6, 6.07) is 11.4. The van der Waals surface area contributed by atoms with Gasteiger partial charge in [-0.05, 0) is 67.6 Å². The van der Waals surface area contributed by atoms with E-state index in [9.17, 15) is 9.90 Å². The predicted octanol–water partition coefficient (Wildman–Crippen LogP) is 6.06. The molecule has 2 N–H and O–H groups in total. The first kappa shape index (κ1) is 19.2. The van der Waals surface area contributed by atoms with Crippen molar-refractivity contribution in [1.29, 1.82) is 0 Å². The zero-order valence-electron chi connectivity index (χ0n) is 15.6. The SMILES string of the molecule is CC(C)(Oc1ccc2c(c1)C1C=CCC1C(c1ccc(Cl)cc1Cl)N2)C(=O)O. The average molecular weight is 418 g/mol. The van der Waals surface area contributed by atoms with Crippen LogP contribution in [0, 0.1) is 5.92 Å². The van der Waals surface area contributed by atoms with Gasteiger partial charge in [0.25, 0.3) is 0 Å². The molecule has 2 aromatic carbocycles. The molecule has 146 valence electrons. The number of benzene rings is 2. The van der Waals surface area contributed by atoms with Crippen LogP contribution in [0.15, 0.2) is 48.6 Å². The van der Waals surface area contributed by atoms with Crippen molar-refractivity contribution in [2.45, 2.75) is 37.8 Å². The number of hydrogen-bond acceptors (Lipinski definition) is 3. The highest BCUT2D eigenvalue weighted by Crippen LogP contribution is 2.51. The number of halogens is 2. The van der Waals surface area contributed by atoms with Crippen molar-refractivity contribution < 1.29 is 14.6 Å². The normalized spacial score (nSPS) is 22.9. The van der Waals surface area contributed by atoms with E-state index in [0.717, 1.165) is 23.2 Å². The van der Waals surface area contributed by atoms with Gasteiger partial charge in [0.05, 0.1) is 6.04 Å². The minimum atomic E-state index is -1.29. The summed E-state index contributed by atoms with van der Waals surface area (Å²) in [5.41, 5.74) is 1.85. The summed E-state index contributed by atoms with van der Waals surface area (Å²) in [4.78, 5) is 11.4. The molecule has 0 saturated carbocycles. The second-order valence-electron chi connectivity index (χ2n) is 7.81. The van der Waals surface area contributed by atoms with Gasteiger partial charge >= 0.3 is 5.97 Å². The van der Waals surface area contributed by atoms with E-state index < -0.39 is 11.6 Å². The molecule has 2 aromatic rings. The zero-order valence-corrected chi connectivity index (χ0v) is 17.1. The van der Waals surface area contributed by atoms with Crippen LogP contribution < -0.4 is 10.1 Å². The van der Waals surface area contributed by atoms with Crippen LogP contribution in [-0.4, -0.2) is 16.7 Å². The highest BCUT2D eigenvalue weighted by Gasteiger charge is 2.39. The maximum atomic E-state index is 11.4. The first-order valence-electron chi connectivity index (χ1n) is 9.21. The van der Waals surface area contributed by atoms with Crippen molar-refractivity contribution in [2.24, 2.45) is 5.92 Å². The maximum Gasteiger partial charge on any atom is 0.347 e. The fourth-order valence-corrected chi connectivity index (χ4v) is 4.56. The van der Waals surface area contributed by atoms with Crippen LogP contribution in [0.5, 0.6) is 5.75 Å². The Bertz CT molecular complexity index is 970.